The van der Waals surface area contributed by atoms with Crippen molar-refractivity contribution in [3.63, 3.8) is 0 Å². The van der Waals surface area contributed by atoms with Gasteiger partial charge in [-0.05, 0) is 109 Å². The van der Waals surface area contributed by atoms with Crippen molar-refractivity contribution in [2.75, 3.05) is 13.2 Å². The molecule has 0 aliphatic heterocycles. The molecule has 0 heterocycles. The SMILES string of the molecule is CC/C=C\C/C=C\C/C=C\C/C=C\C/C=C\C/C=C\C/C=C\CCCCCCCCCC(=O)OCC(COC(=O)CCCCCCC/C=C\C/C=C\C/C=C\CC)OC(=O)CCCCCCCCCCCCCCCCCCCC. The minimum atomic E-state index is -0.793. The Morgan fingerprint density at radius 3 is 0.762 bits per heavy atom. The van der Waals surface area contributed by atoms with Crippen LogP contribution in [0.4, 0.5) is 0 Å². The molecule has 0 aromatic carbocycles. The lowest BCUT2D eigenvalue weighted by atomic mass is 10.0. The minimum absolute atomic E-state index is 0.0894. The average molecular weight is 1110 g/mol. The van der Waals surface area contributed by atoms with Crippen LogP contribution in [0.15, 0.2) is 122 Å². The zero-order chi connectivity index (χ0) is 57.8. The van der Waals surface area contributed by atoms with E-state index in [1.54, 1.807) is 0 Å². The molecule has 80 heavy (non-hydrogen) atoms. The molecule has 0 N–H and O–H groups in total. The smallest absolute Gasteiger partial charge is 0.306 e. The Morgan fingerprint density at radius 2 is 0.487 bits per heavy atom. The lowest BCUT2D eigenvalue weighted by Crippen LogP contribution is -2.30. The maximum absolute atomic E-state index is 12.9. The fraction of sp³-hybridized carbons (Fsp3) is 0.689. The van der Waals surface area contributed by atoms with Crippen molar-refractivity contribution >= 4 is 17.9 Å². The Balaban J connectivity index is 4.36. The Bertz CT molecular complexity index is 1650. The molecule has 456 valence electrons. The molecule has 0 rings (SSSR count). The van der Waals surface area contributed by atoms with Gasteiger partial charge in [0.25, 0.3) is 0 Å². The molecule has 0 aliphatic carbocycles. The van der Waals surface area contributed by atoms with E-state index in [0.29, 0.717) is 19.3 Å². The quantitative estimate of drug-likeness (QED) is 0.0261. The van der Waals surface area contributed by atoms with E-state index < -0.39 is 6.10 Å². The zero-order valence-corrected chi connectivity index (χ0v) is 52.3. The van der Waals surface area contributed by atoms with Gasteiger partial charge in [0, 0.05) is 19.3 Å². The number of ether oxygens (including phenoxy) is 3. The number of esters is 3. The first kappa shape index (κ1) is 75.8. The summed E-state index contributed by atoms with van der Waals surface area (Å²) >= 11 is 0. The number of hydrogen-bond donors (Lipinski definition) is 0. The molecule has 6 heteroatoms. The van der Waals surface area contributed by atoms with Crippen LogP contribution in [-0.4, -0.2) is 37.2 Å². The monoisotopic (exact) mass is 1110 g/mol. The van der Waals surface area contributed by atoms with E-state index in [4.69, 9.17) is 14.2 Å². The van der Waals surface area contributed by atoms with Gasteiger partial charge in [0.15, 0.2) is 6.10 Å². The van der Waals surface area contributed by atoms with E-state index in [9.17, 15) is 14.4 Å². The molecule has 1 unspecified atom stereocenters. The van der Waals surface area contributed by atoms with Crippen molar-refractivity contribution in [2.24, 2.45) is 0 Å². The highest BCUT2D eigenvalue weighted by atomic mass is 16.6. The second kappa shape index (κ2) is 67.3. The molecule has 0 amide bonds. The molecule has 1 atom stereocenters. The third-order valence-electron chi connectivity index (χ3n) is 14.2. The van der Waals surface area contributed by atoms with Gasteiger partial charge in [-0.15, -0.1) is 0 Å². The Hall–Kier alpha value is -4.19. The van der Waals surface area contributed by atoms with Gasteiger partial charge in [-0.3, -0.25) is 14.4 Å². The van der Waals surface area contributed by atoms with Crippen LogP contribution in [0.3, 0.4) is 0 Å². The average Bonchev–Trinajstić information content (AvgIpc) is 3.46. The van der Waals surface area contributed by atoms with Gasteiger partial charge >= 0.3 is 17.9 Å². The summed E-state index contributed by atoms with van der Waals surface area (Å²) in [5.74, 6) is -0.906. The molecule has 0 aliphatic rings. The standard InChI is InChI=1S/C74H124O6/c1-4-7-10-13-16-19-22-25-28-30-32-33-34-35-36-37-38-39-40-41-42-44-46-49-52-55-58-61-64-67-73(76)79-70-71(69-78-72(75)66-63-60-57-54-51-48-45-27-24-21-18-15-12-9-6-3)80-74(77)68-65-62-59-56-53-50-47-43-31-29-26-23-20-17-14-11-8-5-2/h7,9-10,12,16,18-19,21,25,27-28,32-33,35-36,38-39,41-42,45,71H,4-6,8,11,13-15,17,20,22-24,26,29-31,34,37,40,43-44,46-70H2,1-3H3/b10-7-,12-9-,19-16-,21-18-,28-25-,33-32-,36-35-,39-38-,42-41-,45-27-. The summed E-state index contributed by atoms with van der Waals surface area (Å²) in [7, 11) is 0. The van der Waals surface area contributed by atoms with Crippen molar-refractivity contribution in [1.82, 2.24) is 0 Å². The molecule has 0 bridgehead atoms. The second-order valence-corrected chi connectivity index (χ2v) is 22.0. The molecule has 0 fully saturated rings. The van der Waals surface area contributed by atoms with E-state index >= 15 is 0 Å². The molecule has 0 radical (unpaired) electrons. The largest absolute Gasteiger partial charge is 0.462 e. The molecule has 0 saturated carbocycles. The first-order valence-corrected chi connectivity index (χ1v) is 33.5. The number of carbonyl (C=O) groups is 3. The van der Waals surface area contributed by atoms with Gasteiger partial charge in [-0.2, -0.15) is 0 Å². The van der Waals surface area contributed by atoms with E-state index in [0.717, 1.165) is 148 Å². The predicted octanol–water partition coefficient (Wildman–Crippen LogP) is 23.2. The topological polar surface area (TPSA) is 78.9 Å². The summed E-state index contributed by atoms with van der Waals surface area (Å²) in [5, 5.41) is 0. The summed E-state index contributed by atoms with van der Waals surface area (Å²) in [6.07, 6.45) is 93.5. The third-order valence-corrected chi connectivity index (χ3v) is 14.2. The first-order chi connectivity index (χ1) is 39.5. The second-order valence-electron chi connectivity index (χ2n) is 22.0. The van der Waals surface area contributed by atoms with Gasteiger partial charge in [-0.25, -0.2) is 0 Å². The highest BCUT2D eigenvalue weighted by molar-refractivity contribution is 5.71. The summed E-state index contributed by atoms with van der Waals surface area (Å²) in [6.45, 7) is 6.42. The Morgan fingerprint density at radius 1 is 0.263 bits per heavy atom. The van der Waals surface area contributed by atoms with Crippen LogP contribution in [0.1, 0.15) is 310 Å². The maximum atomic E-state index is 12.9. The van der Waals surface area contributed by atoms with Crippen LogP contribution in [0.5, 0.6) is 0 Å². The van der Waals surface area contributed by atoms with Crippen LogP contribution in [0, 0.1) is 0 Å². The zero-order valence-electron chi connectivity index (χ0n) is 52.3. The third kappa shape index (κ3) is 64.6. The van der Waals surface area contributed by atoms with Gasteiger partial charge in [0.1, 0.15) is 13.2 Å². The van der Waals surface area contributed by atoms with Crippen LogP contribution in [0.2, 0.25) is 0 Å². The summed E-state index contributed by atoms with van der Waals surface area (Å²) in [4.78, 5) is 38.4. The molecule has 6 nitrogen and oxygen atoms in total. The van der Waals surface area contributed by atoms with Crippen molar-refractivity contribution in [2.45, 2.75) is 316 Å². The number of carbonyl (C=O) groups excluding carboxylic acids is 3. The van der Waals surface area contributed by atoms with Crippen molar-refractivity contribution in [3.05, 3.63) is 122 Å². The van der Waals surface area contributed by atoms with Crippen molar-refractivity contribution in [1.29, 1.82) is 0 Å². The Labute approximate surface area is 494 Å². The number of unbranched alkanes of at least 4 members (excludes halogenated alkanes) is 29. The first-order valence-electron chi connectivity index (χ1n) is 33.5. The van der Waals surface area contributed by atoms with Crippen LogP contribution < -0.4 is 0 Å². The highest BCUT2D eigenvalue weighted by Gasteiger charge is 2.19. The van der Waals surface area contributed by atoms with Crippen LogP contribution >= 0.6 is 0 Å². The van der Waals surface area contributed by atoms with Crippen LogP contribution in [-0.2, 0) is 28.6 Å². The van der Waals surface area contributed by atoms with Gasteiger partial charge < -0.3 is 14.2 Å². The van der Waals surface area contributed by atoms with Crippen LogP contribution in [0.25, 0.3) is 0 Å². The fourth-order valence-corrected chi connectivity index (χ4v) is 9.26. The molecular formula is C74H124O6. The maximum Gasteiger partial charge on any atom is 0.306 e. The predicted molar refractivity (Wildman–Crippen MR) is 348 cm³/mol. The molecule has 0 aromatic rings. The van der Waals surface area contributed by atoms with E-state index in [1.807, 2.05) is 0 Å². The normalized spacial score (nSPS) is 12.9. The van der Waals surface area contributed by atoms with Gasteiger partial charge in [-0.1, -0.05) is 303 Å². The number of hydrogen-bond acceptors (Lipinski definition) is 6. The lowest BCUT2D eigenvalue weighted by Gasteiger charge is -2.18. The van der Waals surface area contributed by atoms with Crippen molar-refractivity contribution < 1.29 is 28.6 Å². The van der Waals surface area contributed by atoms with E-state index in [-0.39, 0.29) is 31.1 Å². The van der Waals surface area contributed by atoms with E-state index in [2.05, 4.69) is 142 Å². The minimum Gasteiger partial charge on any atom is -0.462 e. The molecular weight excluding hydrogens is 985 g/mol. The number of allylic oxidation sites excluding steroid dienone is 20. The number of rotatable bonds is 60. The molecule has 0 aromatic heterocycles. The summed E-state index contributed by atoms with van der Waals surface area (Å²) in [5.41, 5.74) is 0. The van der Waals surface area contributed by atoms with Crippen molar-refractivity contribution in [3.8, 4) is 0 Å². The summed E-state index contributed by atoms with van der Waals surface area (Å²) in [6, 6.07) is 0. The summed E-state index contributed by atoms with van der Waals surface area (Å²) < 4.78 is 16.9. The molecule has 0 spiro atoms. The molecule has 0 saturated heterocycles. The Kier molecular flexibility index (Phi) is 63.8. The van der Waals surface area contributed by atoms with Gasteiger partial charge in [0.2, 0.25) is 0 Å². The van der Waals surface area contributed by atoms with E-state index in [1.165, 1.54) is 122 Å². The highest BCUT2D eigenvalue weighted by Crippen LogP contribution is 2.17. The van der Waals surface area contributed by atoms with Gasteiger partial charge in [0.05, 0.1) is 0 Å². The lowest BCUT2D eigenvalue weighted by molar-refractivity contribution is -0.167. The fourth-order valence-electron chi connectivity index (χ4n) is 9.26.